The quantitative estimate of drug-likeness (QED) is 0.842. The van der Waals surface area contributed by atoms with Gasteiger partial charge in [0.15, 0.2) is 0 Å². The minimum atomic E-state index is -0.0484. The summed E-state index contributed by atoms with van der Waals surface area (Å²) in [6.45, 7) is 1.29. The van der Waals surface area contributed by atoms with Crippen LogP contribution < -0.4 is 4.74 Å². The maximum atomic E-state index is 12.7. The molecule has 2 aromatic rings. The van der Waals surface area contributed by atoms with Crippen LogP contribution in [-0.2, 0) is 0 Å². The van der Waals surface area contributed by atoms with E-state index in [4.69, 9.17) is 16.3 Å². The van der Waals surface area contributed by atoms with E-state index in [1.165, 1.54) is 11.1 Å². The van der Waals surface area contributed by atoms with Crippen molar-refractivity contribution in [2.45, 2.75) is 6.42 Å². The third kappa shape index (κ3) is 3.40. The molecule has 1 amide bonds. The molecule has 0 aromatic heterocycles. The van der Waals surface area contributed by atoms with Crippen molar-refractivity contribution in [3.63, 3.8) is 0 Å². The molecule has 1 heterocycles. The Hall–Kier alpha value is -2.26. The fourth-order valence-electron chi connectivity index (χ4n) is 2.79. The molecule has 0 aliphatic carbocycles. The van der Waals surface area contributed by atoms with Crippen molar-refractivity contribution in [2.75, 3.05) is 20.2 Å². The smallest absolute Gasteiger partial charge is 0.257 e. The molecule has 0 radical (unpaired) electrons. The summed E-state index contributed by atoms with van der Waals surface area (Å²) in [6, 6.07) is 15.4. The van der Waals surface area contributed by atoms with Crippen molar-refractivity contribution in [1.82, 2.24) is 4.90 Å². The van der Waals surface area contributed by atoms with E-state index >= 15 is 0 Å². The lowest BCUT2D eigenvalue weighted by molar-refractivity contribution is 0.0769. The number of hydrogen-bond donors (Lipinski definition) is 0. The highest BCUT2D eigenvalue weighted by molar-refractivity contribution is 6.31. The van der Waals surface area contributed by atoms with Gasteiger partial charge in [-0.05, 0) is 35.8 Å². The van der Waals surface area contributed by atoms with Gasteiger partial charge in [-0.25, -0.2) is 0 Å². The topological polar surface area (TPSA) is 29.5 Å². The Morgan fingerprint density at radius 1 is 1.17 bits per heavy atom. The molecule has 3 nitrogen and oxygen atoms in total. The summed E-state index contributed by atoms with van der Waals surface area (Å²) >= 11 is 6.02. The van der Waals surface area contributed by atoms with Crippen molar-refractivity contribution in [1.29, 1.82) is 0 Å². The van der Waals surface area contributed by atoms with Crippen molar-refractivity contribution in [3.8, 4) is 5.75 Å². The summed E-state index contributed by atoms with van der Waals surface area (Å²) in [7, 11) is 1.56. The van der Waals surface area contributed by atoms with Crippen LogP contribution in [0.5, 0.6) is 5.75 Å². The lowest BCUT2D eigenvalue weighted by Crippen LogP contribution is -2.34. The van der Waals surface area contributed by atoms with E-state index in [0.717, 1.165) is 6.42 Å². The van der Waals surface area contributed by atoms with E-state index < -0.39 is 0 Å². The molecule has 4 heteroatoms. The van der Waals surface area contributed by atoms with Crippen LogP contribution in [0.15, 0.2) is 54.6 Å². The Morgan fingerprint density at radius 2 is 1.96 bits per heavy atom. The second kappa shape index (κ2) is 6.88. The molecule has 0 bridgehead atoms. The van der Waals surface area contributed by atoms with Gasteiger partial charge in [0.2, 0.25) is 0 Å². The minimum absolute atomic E-state index is 0.0484. The van der Waals surface area contributed by atoms with Gasteiger partial charge in [0.25, 0.3) is 5.91 Å². The van der Waals surface area contributed by atoms with Crippen molar-refractivity contribution in [3.05, 3.63) is 70.8 Å². The van der Waals surface area contributed by atoms with Crippen molar-refractivity contribution in [2.24, 2.45) is 0 Å². The van der Waals surface area contributed by atoms with Gasteiger partial charge in [-0.3, -0.25) is 4.79 Å². The first kappa shape index (κ1) is 15.6. The first-order chi connectivity index (χ1) is 11.2. The maximum Gasteiger partial charge on any atom is 0.257 e. The summed E-state index contributed by atoms with van der Waals surface area (Å²) in [5.74, 6) is 0.505. The Morgan fingerprint density at radius 3 is 2.61 bits per heavy atom. The van der Waals surface area contributed by atoms with Gasteiger partial charge in [-0.1, -0.05) is 48.0 Å². The molecular weight excluding hydrogens is 310 g/mol. The minimum Gasteiger partial charge on any atom is -0.496 e. The molecule has 118 valence electrons. The third-order valence-electron chi connectivity index (χ3n) is 4.03. The number of benzene rings is 2. The molecule has 3 rings (SSSR count). The van der Waals surface area contributed by atoms with Crippen LogP contribution in [0.4, 0.5) is 0 Å². The molecule has 0 fully saturated rings. The average molecular weight is 328 g/mol. The predicted octanol–water partition coefficient (Wildman–Crippen LogP) is 4.28. The highest BCUT2D eigenvalue weighted by Crippen LogP contribution is 2.27. The summed E-state index contributed by atoms with van der Waals surface area (Å²) in [6.07, 6.45) is 2.96. The zero-order valence-corrected chi connectivity index (χ0v) is 13.7. The second-order valence-corrected chi connectivity index (χ2v) is 5.88. The normalized spacial score (nSPS) is 14.3. The fraction of sp³-hybridized carbons (Fsp3) is 0.211. The zero-order valence-electron chi connectivity index (χ0n) is 13.0. The summed E-state index contributed by atoms with van der Waals surface area (Å²) < 4.78 is 5.28. The monoisotopic (exact) mass is 327 g/mol. The number of methoxy groups -OCH3 is 1. The molecule has 2 aromatic carbocycles. The van der Waals surface area contributed by atoms with Crippen LogP contribution in [0.3, 0.4) is 0 Å². The van der Waals surface area contributed by atoms with Gasteiger partial charge >= 0.3 is 0 Å². The van der Waals surface area contributed by atoms with Crippen molar-refractivity contribution >= 4 is 23.1 Å². The zero-order chi connectivity index (χ0) is 16.2. The number of carbonyl (C=O) groups excluding carboxylic acids is 1. The first-order valence-electron chi connectivity index (χ1n) is 7.56. The van der Waals surface area contributed by atoms with Gasteiger partial charge in [0.1, 0.15) is 5.75 Å². The largest absolute Gasteiger partial charge is 0.496 e. The van der Waals surface area contributed by atoms with Gasteiger partial charge in [0, 0.05) is 18.1 Å². The lowest BCUT2D eigenvalue weighted by Gasteiger charge is -2.27. The van der Waals surface area contributed by atoms with Crippen LogP contribution in [0.25, 0.3) is 5.57 Å². The van der Waals surface area contributed by atoms with E-state index in [9.17, 15) is 4.79 Å². The fourth-order valence-corrected chi connectivity index (χ4v) is 2.96. The molecule has 0 saturated carbocycles. The van der Waals surface area contributed by atoms with Crippen LogP contribution >= 0.6 is 11.6 Å². The predicted molar refractivity (Wildman–Crippen MR) is 92.9 cm³/mol. The molecule has 0 spiro atoms. The van der Waals surface area contributed by atoms with E-state index in [1.54, 1.807) is 25.3 Å². The lowest BCUT2D eigenvalue weighted by atomic mass is 9.99. The van der Waals surface area contributed by atoms with Gasteiger partial charge in [-0.15, -0.1) is 0 Å². The molecule has 1 aliphatic rings. The number of halogens is 1. The SMILES string of the molecule is COc1ccc(Cl)cc1C(=O)N1CC=C(c2ccccc2)CC1. The van der Waals surface area contributed by atoms with Gasteiger partial charge in [0.05, 0.1) is 12.7 Å². The number of hydrogen-bond acceptors (Lipinski definition) is 2. The highest BCUT2D eigenvalue weighted by atomic mass is 35.5. The Kier molecular flexibility index (Phi) is 4.68. The summed E-state index contributed by atoms with van der Waals surface area (Å²) in [4.78, 5) is 14.6. The maximum absolute atomic E-state index is 12.7. The number of ether oxygens (including phenoxy) is 1. The van der Waals surface area contributed by atoms with E-state index in [1.807, 2.05) is 23.1 Å². The highest BCUT2D eigenvalue weighted by Gasteiger charge is 2.22. The Balaban J connectivity index is 1.79. The molecule has 0 atom stereocenters. The van der Waals surface area contributed by atoms with E-state index in [0.29, 0.717) is 29.4 Å². The van der Waals surface area contributed by atoms with Gasteiger partial charge in [-0.2, -0.15) is 0 Å². The van der Waals surface area contributed by atoms with Gasteiger partial charge < -0.3 is 9.64 Å². The molecule has 23 heavy (non-hydrogen) atoms. The van der Waals surface area contributed by atoms with Crippen LogP contribution in [0.1, 0.15) is 22.3 Å². The first-order valence-corrected chi connectivity index (χ1v) is 7.94. The summed E-state index contributed by atoms with van der Waals surface area (Å²) in [5, 5.41) is 0.534. The average Bonchev–Trinajstić information content (AvgIpc) is 2.62. The Bertz CT molecular complexity index is 740. The van der Waals surface area contributed by atoms with Crippen LogP contribution in [0, 0.1) is 0 Å². The van der Waals surface area contributed by atoms with E-state index in [2.05, 4.69) is 18.2 Å². The second-order valence-electron chi connectivity index (χ2n) is 5.44. The van der Waals surface area contributed by atoms with E-state index in [-0.39, 0.29) is 5.91 Å². The van der Waals surface area contributed by atoms with Crippen LogP contribution in [-0.4, -0.2) is 31.0 Å². The molecule has 0 N–H and O–H groups in total. The molecular formula is C19H18ClNO2. The number of rotatable bonds is 3. The summed E-state index contributed by atoms with van der Waals surface area (Å²) in [5.41, 5.74) is 3.02. The number of carbonyl (C=O) groups is 1. The van der Waals surface area contributed by atoms with Crippen molar-refractivity contribution < 1.29 is 9.53 Å². The number of amides is 1. The number of nitrogens with zero attached hydrogens (tertiary/aromatic N) is 1. The third-order valence-corrected chi connectivity index (χ3v) is 4.27. The Labute approximate surface area is 141 Å². The molecule has 0 unspecified atom stereocenters. The standard InChI is InChI=1S/C19H18ClNO2/c1-23-18-8-7-16(20)13-17(18)19(22)21-11-9-15(10-12-21)14-5-3-2-4-6-14/h2-9,13H,10-12H2,1H3. The molecule has 1 aliphatic heterocycles. The molecule has 0 saturated heterocycles. The van der Waals surface area contributed by atoms with Crippen LogP contribution in [0.2, 0.25) is 5.02 Å².